The molecule has 1 aromatic carbocycles. The Hall–Kier alpha value is -2.44. The van der Waals surface area contributed by atoms with E-state index >= 15 is 0 Å². The number of carbonyl (C=O) groups excluding carboxylic acids is 2. The zero-order valence-corrected chi connectivity index (χ0v) is 15.4. The van der Waals surface area contributed by atoms with Gasteiger partial charge in [0, 0.05) is 19.5 Å². The quantitative estimate of drug-likeness (QED) is 0.304. The molecule has 0 aromatic heterocycles. The summed E-state index contributed by atoms with van der Waals surface area (Å²) in [5.41, 5.74) is -0.286. The number of ether oxygens (including phenoxy) is 1. The third-order valence-corrected chi connectivity index (χ3v) is 4.87. The van der Waals surface area contributed by atoms with Crippen molar-refractivity contribution in [1.82, 2.24) is 4.90 Å². The van der Waals surface area contributed by atoms with E-state index in [0.29, 0.717) is 18.9 Å². The van der Waals surface area contributed by atoms with E-state index in [4.69, 9.17) is 4.74 Å². The Balaban J connectivity index is 1.88. The fourth-order valence-electron chi connectivity index (χ4n) is 3.37. The van der Waals surface area contributed by atoms with Crippen LogP contribution < -0.4 is 4.74 Å². The number of nitro groups is 1. The largest absolute Gasteiger partial charge is 0.487 e. The first-order chi connectivity index (χ1) is 12.4. The van der Waals surface area contributed by atoms with Crippen molar-refractivity contribution in [3.8, 4) is 5.75 Å². The zero-order valence-electron chi connectivity index (χ0n) is 15.4. The van der Waals surface area contributed by atoms with Gasteiger partial charge >= 0.3 is 5.69 Å². The Morgan fingerprint density at radius 3 is 2.58 bits per heavy atom. The standard InChI is InChI=1S/C19H26N2O5/c1-14(22)16-10-6-11-17(19(16)21(24)25)26-13-7-12-18(23)20(2)15-8-4-3-5-9-15/h6,10-11,15H,3-5,7-9,12-13H2,1-2H3. The monoisotopic (exact) mass is 362 g/mol. The number of amides is 1. The summed E-state index contributed by atoms with van der Waals surface area (Å²) in [5, 5.41) is 11.3. The van der Waals surface area contributed by atoms with Crippen LogP contribution in [0.5, 0.6) is 5.75 Å². The molecular formula is C19H26N2O5. The predicted molar refractivity (Wildman–Crippen MR) is 97.5 cm³/mol. The van der Waals surface area contributed by atoms with Gasteiger partial charge in [-0.1, -0.05) is 25.3 Å². The maximum atomic E-state index is 12.3. The van der Waals surface area contributed by atoms with E-state index in [0.717, 1.165) is 12.8 Å². The number of rotatable bonds is 8. The average Bonchev–Trinajstić information content (AvgIpc) is 2.64. The highest BCUT2D eigenvalue weighted by Crippen LogP contribution is 2.31. The third-order valence-electron chi connectivity index (χ3n) is 4.87. The van der Waals surface area contributed by atoms with E-state index in [1.165, 1.54) is 38.3 Å². The van der Waals surface area contributed by atoms with Gasteiger partial charge in [0.25, 0.3) is 0 Å². The molecule has 0 aliphatic heterocycles. The number of nitrogens with zero attached hydrogens (tertiary/aromatic N) is 2. The molecule has 0 unspecified atom stereocenters. The van der Waals surface area contributed by atoms with E-state index in [2.05, 4.69) is 0 Å². The lowest BCUT2D eigenvalue weighted by molar-refractivity contribution is -0.386. The predicted octanol–water partition coefficient (Wildman–Crippen LogP) is 3.75. The van der Waals surface area contributed by atoms with E-state index in [1.54, 1.807) is 6.07 Å². The van der Waals surface area contributed by atoms with Gasteiger partial charge in [0.2, 0.25) is 5.91 Å². The topological polar surface area (TPSA) is 89.8 Å². The highest BCUT2D eigenvalue weighted by Gasteiger charge is 2.24. The van der Waals surface area contributed by atoms with Gasteiger partial charge in [0.1, 0.15) is 0 Å². The molecule has 26 heavy (non-hydrogen) atoms. The molecule has 2 rings (SSSR count). The lowest BCUT2D eigenvalue weighted by atomic mass is 9.94. The zero-order chi connectivity index (χ0) is 19.1. The molecule has 0 saturated heterocycles. The molecule has 0 spiro atoms. The van der Waals surface area contributed by atoms with E-state index in [1.807, 2.05) is 11.9 Å². The van der Waals surface area contributed by atoms with Crippen molar-refractivity contribution in [2.24, 2.45) is 0 Å². The van der Waals surface area contributed by atoms with Gasteiger partial charge in [-0.2, -0.15) is 0 Å². The molecule has 0 N–H and O–H groups in total. The Bertz CT molecular complexity index is 668. The SMILES string of the molecule is CC(=O)c1cccc(OCCCC(=O)N(C)C2CCCCC2)c1[N+](=O)[O-]. The van der Waals surface area contributed by atoms with Gasteiger partial charge in [-0.25, -0.2) is 0 Å². The summed E-state index contributed by atoms with van der Waals surface area (Å²) in [5.74, 6) is -0.241. The van der Waals surface area contributed by atoms with Gasteiger partial charge < -0.3 is 9.64 Å². The number of benzene rings is 1. The summed E-state index contributed by atoms with van der Waals surface area (Å²) >= 11 is 0. The summed E-state index contributed by atoms with van der Waals surface area (Å²) < 4.78 is 5.50. The Labute approximate surface area is 153 Å². The lowest BCUT2D eigenvalue weighted by Gasteiger charge is -2.31. The molecule has 0 heterocycles. The molecule has 7 heteroatoms. The maximum Gasteiger partial charge on any atom is 0.321 e. The van der Waals surface area contributed by atoms with Gasteiger partial charge in [0.05, 0.1) is 17.1 Å². The third kappa shape index (κ3) is 5.03. The molecule has 7 nitrogen and oxygen atoms in total. The second kappa shape index (κ2) is 9.31. The van der Waals surface area contributed by atoms with E-state index in [9.17, 15) is 19.7 Å². The Morgan fingerprint density at radius 2 is 1.96 bits per heavy atom. The van der Waals surface area contributed by atoms with Crippen molar-refractivity contribution in [2.75, 3.05) is 13.7 Å². The molecule has 1 aliphatic carbocycles. The number of Topliss-reactive ketones (excluding diaryl/α,β-unsaturated/α-hetero) is 1. The van der Waals surface area contributed by atoms with Crippen LogP contribution in [0, 0.1) is 10.1 Å². The highest BCUT2D eigenvalue weighted by molar-refractivity contribution is 5.99. The van der Waals surface area contributed by atoms with Gasteiger partial charge in [0.15, 0.2) is 11.5 Å². The highest BCUT2D eigenvalue weighted by atomic mass is 16.6. The first-order valence-electron chi connectivity index (χ1n) is 9.08. The average molecular weight is 362 g/mol. The Kier molecular flexibility index (Phi) is 7.12. The molecule has 1 amide bonds. The number of ketones is 1. The van der Waals surface area contributed by atoms with E-state index in [-0.39, 0.29) is 35.3 Å². The van der Waals surface area contributed by atoms with Gasteiger partial charge in [-0.05, 0) is 38.3 Å². The maximum absolute atomic E-state index is 12.3. The number of hydrogen-bond donors (Lipinski definition) is 0. The minimum atomic E-state index is -0.603. The minimum absolute atomic E-state index is 0.0283. The molecule has 142 valence electrons. The number of para-hydroxylation sites is 1. The second-order valence-electron chi connectivity index (χ2n) is 6.71. The van der Waals surface area contributed by atoms with Crippen LogP contribution in [0.3, 0.4) is 0 Å². The molecule has 0 radical (unpaired) electrons. The molecule has 0 bridgehead atoms. The normalized spacial score (nSPS) is 14.7. The van der Waals surface area contributed by atoms with Crippen LogP contribution in [-0.2, 0) is 4.79 Å². The summed E-state index contributed by atoms with van der Waals surface area (Å²) in [7, 11) is 1.85. The number of hydrogen-bond acceptors (Lipinski definition) is 5. The number of carbonyl (C=O) groups is 2. The number of nitro benzene ring substituents is 1. The van der Waals surface area contributed by atoms with Crippen molar-refractivity contribution in [3.05, 3.63) is 33.9 Å². The lowest BCUT2D eigenvalue weighted by Crippen LogP contribution is -2.38. The van der Waals surface area contributed by atoms with Crippen molar-refractivity contribution < 1.29 is 19.2 Å². The van der Waals surface area contributed by atoms with Crippen LogP contribution in [0.25, 0.3) is 0 Å². The van der Waals surface area contributed by atoms with Crippen LogP contribution in [0.15, 0.2) is 18.2 Å². The van der Waals surface area contributed by atoms with Crippen LogP contribution in [0.4, 0.5) is 5.69 Å². The van der Waals surface area contributed by atoms with Crippen LogP contribution in [-0.4, -0.2) is 41.2 Å². The molecular weight excluding hydrogens is 336 g/mol. The van der Waals surface area contributed by atoms with Crippen LogP contribution in [0.1, 0.15) is 62.2 Å². The molecule has 1 saturated carbocycles. The molecule has 1 fully saturated rings. The summed E-state index contributed by atoms with van der Waals surface area (Å²) in [4.78, 5) is 36.3. The smallest absolute Gasteiger partial charge is 0.321 e. The first-order valence-corrected chi connectivity index (χ1v) is 9.08. The molecule has 0 atom stereocenters. The fourth-order valence-corrected chi connectivity index (χ4v) is 3.37. The van der Waals surface area contributed by atoms with Gasteiger partial charge in [-0.3, -0.25) is 19.7 Å². The summed E-state index contributed by atoms with van der Waals surface area (Å²) in [6.07, 6.45) is 6.50. The van der Waals surface area contributed by atoms with Gasteiger partial charge in [-0.15, -0.1) is 0 Å². The second-order valence-corrected chi connectivity index (χ2v) is 6.71. The fraction of sp³-hybridized carbons (Fsp3) is 0.579. The van der Waals surface area contributed by atoms with Crippen molar-refractivity contribution >= 4 is 17.4 Å². The molecule has 1 aromatic rings. The minimum Gasteiger partial charge on any atom is -0.487 e. The van der Waals surface area contributed by atoms with Crippen LogP contribution in [0.2, 0.25) is 0 Å². The summed E-state index contributed by atoms with van der Waals surface area (Å²) in [6.45, 7) is 1.47. The first kappa shape index (κ1) is 19.9. The van der Waals surface area contributed by atoms with Crippen molar-refractivity contribution in [2.45, 2.75) is 57.9 Å². The van der Waals surface area contributed by atoms with Crippen LogP contribution >= 0.6 is 0 Å². The van der Waals surface area contributed by atoms with Crippen molar-refractivity contribution in [3.63, 3.8) is 0 Å². The van der Waals surface area contributed by atoms with Crippen molar-refractivity contribution in [1.29, 1.82) is 0 Å². The van der Waals surface area contributed by atoms with E-state index < -0.39 is 4.92 Å². The molecule has 1 aliphatic rings. The summed E-state index contributed by atoms with van der Waals surface area (Å²) in [6, 6.07) is 4.77. The Morgan fingerprint density at radius 1 is 1.27 bits per heavy atom.